The zero-order valence-electron chi connectivity index (χ0n) is 12.9. The van der Waals surface area contributed by atoms with Crippen molar-refractivity contribution in [1.82, 2.24) is 15.1 Å². The van der Waals surface area contributed by atoms with Gasteiger partial charge in [0.05, 0.1) is 36.0 Å². The molecule has 1 unspecified atom stereocenters. The summed E-state index contributed by atoms with van der Waals surface area (Å²) < 4.78 is 6.87. The average Bonchev–Trinajstić information content (AvgIpc) is 3.22. The van der Waals surface area contributed by atoms with Gasteiger partial charge in [0.2, 0.25) is 0 Å². The van der Waals surface area contributed by atoms with Crippen LogP contribution in [0.1, 0.15) is 27.9 Å². The number of hydrogen-bond acceptors (Lipinski definition) is 4. The molecule has 1 aromatic carbocycles. The fourth-order valence-electron chi connectivity index (χ4n) is 2.43. The molecule has 1 atom stereocenters. The SMILES string of the molecule is Cc1c(C(=O)NC(CO)c2ccco2)cnn1-c1cccc(Cl)c1. The van der Waals surface area contributed by atoms with E-state index < -0.39 is 6.04 Å². The van der Waals surface area contributed by atoms with Gasteiger partial charge in [-0.05, 0) is 37.3 Å². The zero-order valence-corrected chi connectivity index (χ0v) is 13.7. The maximum absolute atomic E-state index is 12.5. The van der Waals surface area contributed by atoms with Gasteiger partial charge in [-0.25, -0.2) is 4.68 Å². The molecule has 2 heterocycles. The smallest absolute Gasteiger partial charge is 0.255 e. The number of aromatic nitrogens is 2. The topological polar surface area (TPSA) is 80.3 Å². The fraction of sp³-hybridized carbons (Fsp3) is 0.176. The molecule has 0 aliphatic heterocycles. The minimum Gasteiger partial charge on any atom is -0.467 e. The summed E-state index contributed by atoms with van der Waals surface area (Å²) in [6.45, 7) is 1.53. The number of rotatable bonds is 5. The van der Waals surface area contributed by atoms with Gasteiger partial charge in [0.15, 0.2) is 0 Å². The van der Waals surface area contributed by atoms with Crippen molar-refractivity contribution in [1.29, 1.82) is 0 Å². The van der Waals surface area contributed by atoms with Crippen molar-refractivity contribution in [3.05, 3.63) is 70.9 Å². The van der Waals surface area contributed by atoms with Crippen molar-refractivity contribution in [2.24, 2.45) is 0 Å². The molecule has 124 valence electrons. The summed E-state index contributed by atoms with van der Waals surface area (Å²) in [6, 6.07) is 10.00. The quantitative estimate of drug-likeness (QED) is 0.745. The highest BCUT2D eigenvalue weighted by atomic mass is 35.5. The molecular weight excluding hydrogens is 330 g/mol. The number of aliphatic hydroxyl groups is 1. The van der Waals surface area contributed by atoms with Crippen LogP contribution in [0.15, 0.2) is 53.3 Å². The van der Waals surface area contributed by atoms with E-state index >= 15 is 0 Å². The van der Waals surface area contributed by atoms with Gasteiger partial charge in [-0.15, -0.1) is 0 Å². The lowest BCUT2D eigenvalue weighted by molar-refractivity contribution is 0.0906. The van der Waals surface area contributed by atoms with Crippen LogP contribution in [0.4, 0.5) is 0 Å². The summed E-state index contributed by atoms with van der Waals surface area (Å²) >= 11 is 6.00. The molecule has 7 heteroatoms. The highest BCUT2D eigenvalue weighted by molar-refractivity contribution is 6.30. The molecular formula is C17H16ClN3O3. The molecule has 3 aromatic rings. The number of hydrogen-bond donors (Lipinski definition) is 2. The molecule has 0 radical (unpaired) electrons. The van der Waals surface area contributed by atoms with Crippen LogP contribution in [-0.2, 0) is 0 Å². The number of nitrogens with one attached hydrogen (secondary N) is 1. The van der Waals surface area contributed by atoms with Crippen LogP contribution < -0.4 is 5.32 Å². The van der Waals surface area contributed by atoms with Crippen LogP contribution in [-0.4, -0.2) is 27.4 Å². The Morgan fingerprint density at radius 1 is 1.42 bits per heavy atom. The van der Waals surface area contributed by atoms with E-state index in [9.17, 15) is 9.90 Å². The van der Waals surface area contributed by atoms with Crippen LogP contribution >= 0.6 is 11.6 Å². The van der Waals surface area contributed by atoms with Crippen molar-refractivity contribution >= 4 is 17.5 Å². The van der Waals surface area contributed by atoms with Gasteiger partial charge in [-0.1, -0.05) is 17.7 Å². The van der Waals surface area contributed by atoms with Gasteiger partial charge in [0, 0.05) is 5.02 Å². The first kappa shape index (κ1) is 16.3. The number of nitrogens with zero attached hydrogens (tertiary/aromatic N) is 2. The number of halogens is 1. The van der Waals surface area contributed by atoms with Gasteiger partial charge in [0.25, 0.3) is 5.91 Å². The van der Waals surface area contributed by atoms with Crippen LogP contribution in [0.3, 0.4) is 0 Å². The Balaban J connectivity index is 1.84. The lowest BCUT2D eigenvalue weighted by Gasteiger charge is -2.13. The van der Waals surface area contributed by atoms with E-state index in [1.54, 1.807) is 35.9 Å². The maximum atomic E-state index is 12.5. The van der Waals surface area contributed by atoms with Crippen molar-refractivity contribution in [2.75, 3.05) is 6.61 Å². The number of amides is 1. The summed E-state index contributed by atoms with van der Waals surface area (Å²) in [5.74, 6) is 0.155. The van der Waals surface area contributed by atoms with Gasteiger partial charge < -0.3 is 14.8 Å². The van der Waals surface area contributed by atoms with E-state index in [4.69, 9.17) is 16.0 Å². The summed E-state index contributed by atoms with van der Waals surface area (Å²) in [5.41, 5.74) is 1.86. The fourth-order valence-corrected chi connectivity index (χ4v) is 2.62. The Morgan fingerprint density at radius 3 is 2.92 bits per heavy atom. The third-order valence-electron chi connectivity index (χ3n) is 3.68. The Kier molecular flexibility index (Phi) is 4.69. The molecule has 0 aliphatic carbocycles. The summed E-state index contributed by atoms with van der Waals surface area (Å²) in [6.07, 6.45) is 2.98. The average molecular weight is 346 g/mol. The second kappa shape index (κ2) is 6.90. The lowest BCUT2D eigenvalue weighted by atomic mass is 10.2. The second-order valence-electron chi connectivity index (χ2n) is 5.26. The monoisotopic (exact) mass is 345 g/mol. The minimum absolute atomic E-state index is 0.263. The predicted molar refractivity (Wildman–Crippen MR) is 89.3 cm³/mol. The minimum atomic E-state index is -0.610. The first-order valence-electron chi connectivity index (χ1n) is 7.36. The Morgan fingerprint density at radius 2 is 2.25 bits per heavy atom. The van der Waals surface area contributed by atoms with E-state index in [2.05, 4.69) is 10.4 Å². The van der Waals surface area contributed by atoms with Crippen LogP contribution in [0.5, 0.6) is 0 Å². The van der Waals surface area contributed by atoms with E-state index in [-0.39, 0.29) is 12.5 Å². The third-order valence-corrected chi connectivity index (χ3v) is 3.92. The molecule has 2 aromatic heterocycles. The molecule has 0 bridgehead atoms. The van der Waals surface area contributed by atoms with Crippen molar-refractivity contribution in [3.8, 4) is 5.69 Å². The highest BCUT2D eigenvalue weighted by Crippen LogP contribution is 2.19. The molecule has 1 amide bonds. The summed E-state index contributed by atoms with van der Waals surface area (Å²) in [5, 5.41) is 17.1. The van der Waals surface area contributed by atoms with Crippen LogP contribution in [0.25, 0.3) is 5.69 Å². The number of aliphatic hydroxyl groups excluding tert-OH is 1. The van der Waals surface area contributed by atoms with E-state index in [1.807, 2.05) is 12.1 Å². The van der Waals surface area contributed by atoms with Crippen molar-refractivity contribution < 1.29 is 14.3 Å². The zero-order chi connectivity index (χ0) is 17.1. The molecule has 2 N–H and O–H groups in total. The summed E-state index contributed by atoms with van der Waals surface area (Å²) in [7, 11) is 0. The molecule has 0 aliphatic rings. The molecule has 24 heavy (non-hydrogen) atoms. The van der Waals surface area contributed by atoms with E-state index in [1.165, 1.54) is 12.5 Å². The predicted octanol–water partition coefficient (Wildman–Crippen LogP) is 2.89. The largest absolute Gasteiger partial charge is 0.467 e. The van der Waals surface area contributed by atoms with E-state index in [0.717, 1.165) is 5.69 Å². The number of furan rings is 1. The molecule has 6 nitrogen and oxygen atoms in total. The molecule has 0 saturated carbocycles. The lowest BCUT2D eigenvalue weighted by Crippen LogP contribution is -2.30. The Hall–Kier alpha value is -2.57. The molecule has 3 rings (SSSR count). The van der Waals surface area contributed by atoms with Crippen LogP contribution in [0, 0.1) is 6.92 Å². The third kappa shape index (κ3) is 3.20. The molecule has 0 spiro atoms. The first-order valence-corrected chi connectivity index (χ1v) is 7.73. The number of benzene rings is 1. The highest BCUT2D eigenvalue weighted by Gasteiger charge is 2.21. The normalized spacial score (nSPS) is 12.1. The van der Waals surface area contributed by atoms with Crippen molar-refractivity contribution in [3.63, 3.8) is 0 Å². The van der Waals surface area contributed by atoms with E-state index in [0.29, 0.717) is 22.0 Å². The Bertz CT molecular complexity index is 843. The van der Waals surface area contributed by atoms with Gasteiger partial charge >= 0.3 is 0 Å². The number of carbonyl (C=O) groups is 1. The second-order valence-corrected chi connectivity index (χ2v) is 5.70. The van der Waals surface area contributed by atoms with Gasteiger partial charge in [-0.2, -0.15) is 5.10 Å². The standard InChI is InChI=1S/C17H16ClN3O3/c1-11-14(9-19-21(11)13-5-2-4-12(18)8-13)17(23)20-15(10-22)16-6-3-7-24-16/h2-9,15,22H,10H2,1H3,(H,20,23). The molecule has 0 saturated heterocycles. The maximum Gasteiger partial charge on any atom is 0.255 e. The molecule has 0 fully saturated rings. The number of carbonyl (C=O) groups excluding carboxylic acids is 1. The van der Waals surface area contributed by atoms with Gasteiger partial charge in [0.1, 0.15) is 11.8 Å². The van der Waals surface area contributed by atoms with Crippen molar-refractivity contribution in [2.45, 2.75) is 13.0 Å². The summed E-state index contributed by atoms with van der Waals surface area (Å²) in [4.78, 5) is 12.5. The van der Waals surface area contributed by atoms with Crippen LogP contribution in [0.2, 0.25) is 5.02 Å². The van der Waals surface area contributed by atoms with Gasteiger partial charge in [-0.3, -0.25) is 4.79 Å². The Labute approximate surface area is 143 Å². The first-order chi connectivity index (χ1) is 11.6.